The molecule has 5 nitrogen and oxygen atoms in total. The van der Waals surface area contributed by atoms with E-state index in [9.17, 15) is 0 Å². The molecule has 0 radical (unpaired) electrons. The predicted octanol–water partition coefficient (Wildman–Crippen LogP) is 16.6. The van der Waals surface area contributed by atoms with Gasteiger partial charge in [-0.1, -0.05) is 160 Å². The Labute approximate surface area is 406 Å². The van der Waals surface area contributed by atoms with E-state index in [0.29, 0.717) is 0 Å². The molecule has 3 aromatic heterocycles. The third-order valence-electron chi connectivity index (χ3n) is 14.8. The zero-order valence-electron chi connectivity index (χ0n) is 39.2. The third kappa shape index (κ3) is 6.43. The summed E-state index contributed by atoms with van der Waals surface area (Å²) in [7, 11) is 0. The summed E-state index contributed by atoms with van der Waals surface area (Å²) in [4.78, 5) is 0. The number of benzene rings is 9. The van der Waals surface area contributed by atoms with Gasteiger partial charge in [-0.2, -0.15) is 0 Å². The van der Waals surface area contributed by atoms with Crippen molar-refractivity contribution in [3.63, 3.8) is 0 Å². The Morgan fingerprint density at radius 3 is 1.89 bits per heavy atom. The van der Waals surface area contributed by atoms with Crippen LogP contribution in [0.3, 0.4) is 0 Å². The van der Waals surface area contributed by atoms with Crippen LogP contribution in [0.4, 0.5) is 0 Å². The first-order valence-corrected chi connectivity index (χ1v) is 24.1. The zero-order chi connectivity index (χ0) is 47.1. The van der Waals surface area contributed by atoms with Gasteiger partial charge < -0.3 is 18.9 Å². The number of aromatic nitrogens is 2. The van der Waals surface area contributed by atoms with Gasteiger partial charge in [0.1, 0.15) is 17.3 Å². The van der Waals surface area contributed by atoms with Crippen molar-refractivity contribution in [2.24, 2.45) is 0 Å². The zero-order valence-corrected chi connectivity index (χ0v) is 39.2. The number of hydrogen-bond donors (Lipinski definition) is 2. The molecule has 2 N–H and O–H groups in total. The van der Waals surface area contributed by atoms with Crippen LogP contribution >= 0.6 is 0 Å². The van der Waals surface area contributed by atoms with Crippen LogP contribution in [0, 0.1) is 0 Å². The SMILES string of the molecule is C=CC=C.CC1(C)c2cc(C3NC=CC(c4ccccc4)N3)ccc2-c2ccc(-n3c4ccccc4c4cc(-c5ccc6c(c5)c5c7oc8ccccc8c7ccc5n6-c5ccccc5)ccc43)cc21. The van der Waals surface area contributed by atoms with Gasteiger partial charge in [-0.05, 0) is 130 Å². The minimum absolute atomic E-state index is 0.00672. The van der Waals surface area contributed by atoms with Gasteiger partial charge in [-0.3, -0.25) is 5.32 Å². The van der Waals surface area contributed by atoms with Crippen LogP contribution in [0.25, 0.3) is 99.2 Å². The van der Waals surface area contributed by atoms with Crippen LogP contribution in [-0.2, 0) is 5.41 Å². The van der Waals surface area contributed by atoms with Crippen molar-refractivity contribution in [2.45, 2.75) is 31.5 Å². The molecule has 2 unspecified atom stereocenters. The molecule has 5 heteroatoms. The molecular formula is C65H50N4O. The summed E-state index contributed by atoms with van der Waals surface area (Å²) in [5.41, 5.74) is 18.8. The van der Waals surface area contributed by atoms with Crippen molar-refractivity contribution < 1.29 is 4.42 Å². The second-order valence-electron chi connectivity index (χ2n) is 19.1. The van der Waals surface area contributed by atoms with Gasteiger partial charge in [0, 0.05) is 43.7 Å². The summed E-state index contributed by atoms with van der Waals surface area (Å²) in [5.74, 6) is 0. The van der Waals surface area contributed by atoms with Gasteiger partial charge in [-0.15, -0.1) is 0 Å². The largest absolute Gasteiger partial charge is 0.455 e. The fraction of sp³-hybridized carbons (Fsp3) is 0.0769. The fourth-order valence-electron chi connectivity index (χ4n) is 11.4. The topological polar surface area (TPSA) is 47.1 Å². The first-order valence-electron chi connectivity index (χ1n) is 24.1. The predicted molar refractivity (Wildman–Crippen MR) is 293 cm³/mol. The van der Waals surface area contributed by atoms with Crippen molar-refractivity contribution >= 4 is 65.6 Å². The molecule has 1 aliphatic carbocycles. The van der Waals surface area contributed by atoms with E-state index in [1.807, 2.05) is 6.07 Å². The molecule has 336 valence electrons. The fourth-order valence-corrected chi connectivity index (χ4v) is 11.4. The van der Waals surface area contributed by atoms with E-state index in [-0.39, 0.29) is 17.6 Å². The van der Waals surface area contributed by atoms with E-state index >= 15 is 0 Å². The van der Waals surface area contributed by atoms with E-state index in [1.54, 1.807) is 12.2 Å². The lowest BCUT2D eigenvalue weighted by atomic mass is 9.81. The van der Waals surface area contributed by atoms with Gasteiger partial charge in [0.2, 0.25) is 0 Å². The quantitative estimate of drug-likeness (QED) is 0.163. The smallest absolute Gasteiger partial charge is 0.145 e. The first kappa shape index (κ1) is 41.5. The van der Waals surface area contributed by atoms with E-state index < -0.39 is 0 Å². The third-order valence-corrected chi connectivity index (χ3v) is 14.8. The maximum absolute atomic E-state index is 6.70. The van der Waals surface area contributed by atoms with Gasteiger partial charge in [0.15, 0.2) is 0 Å². The normalized spacial score (nSPS) is 15.8. The van der Waals surface area contributed by atoms with E-state index in [2.05, 4.69) is 247 Å². The van der Waals surface area contributed by atoms with Crippen LogP contribution < -0.4 is 10.6 Å². The standard InChI is InChI=1S/C61H44N4O.C4H6/c1-61(2)50-35-40(60-62-32-31-52(63-60)37-13-5-3-6-14-37)21-25-43(50)44-26-24-42(36-51(44)61)65-53-19-11-9-17-45(53)48-33-38(22-28-54(48)65)39-23-29-55-49(34-39)58-56(64(55)41-15-7-4-8-16-41)30-27-47-46-18-10-12-20-57(46)66-59(47)58;1-3-4-2/h3-36,52,60,62-63H,1-2H3;3-4H,1-2H2. The van der Waals surface area contributed by atoms with Gasteiger partial charge in [0.25, 0.3) is 0 Å². The highest BCUT2D eigenvalue weighted by atomic mass is 16.3. The minimum Gasteiger partial charge on any atom is -0.455 e. The molecule has 0 saturated carbocycles. The molecule has 0 fully saturated rings. The van der Waals surface area contributed by atoms with Crippen molar-refractivity contribution in [2.75, 3.05) is 0 Å². The maximum Gasteiger partial charge on any atom is 0.145 e. The number of para-hydroxylation sites is 3. The van der Waals surface area contributed by atoms with Crippen LogP contribution in [-0.4, -0.2) is 9.13 Å². The number of rotatable bonds is 6. The number of nitrogens with one attached hydrogen (secondary N) is 2. The maximum atomic E-state index is 6.70. The summed E-state index contributed by atoms with van der Waals surface area (Å²) in [6, 6.07) is 71.2. The van der Waals surface area contributed by atoms with Crippen LogP contribution in [0.1, 0.15) is 48.3 Å². The van der Waals surface area contributed by atoms with Crippen molar-refractivity contribution in [1.82, 2.24) is 19.8 Å². The molecular weight excluding hydrogens is 853 g/mol. The van der Waals surface area contributed by atoms with Crippen molar-refractivity contribution in [1.29, 1.82) is 0 Å². The molecule has 0 spiro atoms. The highest BCUT2D eigenvalue weighted by Crippen LogP contribution is 2.51. The molecule has 0 amide bonds. The molecule has 12 aromatic rings. The summed E-state index contributed by atoms with van der Waals surface area (Å²) in [6.45, 7) is 11.5. The lowest BCUT2D eigenvalue weighted by Crippen LogP contribution is -2.37. The number of hydrogen-bond acceptors (Lipinski definition) is 3. The lowest BCUT2D eigenvalue weighted by Gasteiger charge is -2.30. The van der Waals surface area contributed by atoms with E-state index in [1.165, 1.54) is 77.4 Å². The van der Waals surface area contributed by atoms with Gasteiger partial charge in [0.05, 0.1) is 33.5 Å². The first-order chi connectivity index (χ1) is 34.4. The summed E-state index contributed by atoms with van der Waals surface area (Å²) in [6.07, 6.45) is 7.57. The molecule has 1 aliphatic heterocycles. The number of fused-ring (bicyclic) bond motifs is 13. The molecule has 0 saturated heterocycles. The Morgan fingerprint density at radius 1 is 0.500 bits per heavy atom. The summed E-state index contributed by atoms with van der Waals surface area (Å²) in [5, 5.41) is 14.5. The molecule has 14 rings (SSSR count). The second kappa shape index (κ2) is 16.3. The Balaban J connectivity index is 0.00000116. The molecule has 2 aliphatic rings. The van der Waals surface area contributed by atoms with E-state index in [4.69, 9.17) is 4.42 Å². The van der Waals surface area contributed by atoms with Crippen molar-refractivity contribution in [3.8, 4) is 33.6 Å². The Hall–Kier alpha value is -8.64. The minimum atomic E-state index is -0.192. The molecule has 0 bridgehead atoms. The highest BCUT2D eigenvalue weighted by Gasteiger charge is 2.37. The van der Waals surface area contributed by atoms with Crippen LogP contribution in [0.5, 0.6) is 0 Å². The average molecular weight is 903 g/mol. The lowest BCUT2D eigenvalue weighted by molar-refractivity contribution is 0.432. The van der Waals surface area contributed by atoms with Gasteiger partial charge >= 0.3 is 0 Å². The average Bonchev–Trinajstić information content (AvgIpc) is 4.13. The van der Waals surface area contributed by atoms with Crippen LogP contribution in [0.2, 0.25) is 0 Å². The molecule has 4 heterocycles. The molecule has 70 heavy (non-hydrogen) atoms. The Morgan fingerprint density at radius 2 is 1.11 bits per heavy atom. The highest BCUT2D eigenvalue weighted by molar-refractivity contribution is 6.24. The van der Waals surface area contributed by atoms with Crippen LogP contribution in [0.15, 0.2) is 236 Å². The molecule has 9 aromatic carbocycles. The second-order valence-corrected chi connectivity index (χ2v) is 19.1. The van der Waals surface area contributed by atoms with E-state index in [0.717, 1.165) is 44.0 Å². The summed E-state index contributed by atoms with van der Waals surface area (Å²) < 4.78 is 11.5. The van der Waals surface area contributed by atoms with Crippen molar-refractivity contribution in [3.05, 3.63) is 254 Å². The summed E-state index contributed by atoms with van der Waals surface area (Å²) >= 11 is 0. The monoisotopic (exact) mass is 902 g/mol. The van der Waals surface area contributed by atoms with Gasteiger partial charge in [-0.25, -0.2) is 0 Å². The Kier molecular flexibility index (Phi) is 9.65. The number of nitrogens with zero attached hydrogens (tertiary/aromatic N) is 2. The number of allylic oxidation sites excluding steroid dienone is 2. The Bertz CT molecular complexity index is 4080. The number of furan rings is 1. The molecule has 2 atom stereocenters.